The fourth-order valence-electron chi connectivity index (χ4n) is 1.18. The predicted molar refractivity (Wildman–Crippen MR) is 58.1 cm³/mol. The maximum absolute atomic E-state index is 5.70. The van der Waals surface area contributed by atoms with Gasteiger partial charge in [-0.2, -0.15) is 0 Å². The van der Waals surface area contributed by atoms with Crippen LogP contribution in [0.1, 0.15) is 13.3 Å². The molecule has 84 valence electrons. The first-order chi connectivity index (χ1) is 6.61. The molecule has 1 atom stereocenters. The number of rotatable bonds is 8. The van der Waals surface area contributed by atoms with Crippen LogP contribution >= 0.6 is 0 Å². The molecule has 14 heavy (non-hydrogen) atoms. The standard InChI is InChI=1S/C10H22N2O2/c1-5-6-12-10(2,8-11)7-9(13-3)14-4/h5,9,12H,1,6-8,11H2,2-4H3. The van der Waals surface area contributed by atoms with Crippen molar-refractivity contribution in [2.75, 3.05) is 27.3 Å². The Bertz CT molecular complexity index is 160. The molecule has 1 unspecified atom stereocenters. The van der Waals surface area contributed by atoms with Gasteiger partial charge in [-0.05, 0) is 6.92 Å². The molecule has 4 heteroatoms. The van der Waals surface area contributed by atoms with Gasteiger partial charge in [0.15, 0.2) is 6.29 Å². The summed E-state index contributed by atoms with van der Waals surface area (Å²) < 4.78 is 10.3. The van der Waals surface area contributed by atoms with Crippen LogP contribution in [0.15, 0.2) is 12.7 Å². The van der Waals surface area contributed by atoms with Crippen molar-refractivity contribution in [2.24, 2.45) is 5.73 Å². The van der Waals surface area contributed by atoms with Gasteiger partial charge in [0.1, 0.15) is 0 Å². The molecule has 4 nitrogen and oxygen atoms in total. The molecule has 3 N–H and O–H groups in total. The van der Waals surface area contributed by atoms with E-state index in [0.29, 0.717) is 13.0 Å². The van der Waals surface area contributed by atoms with Crippen LogP contribution in [0, 0.1) is 0 Å². The predicted octanol–water partition coefficient (Wildman–Crippen LogP) is 0.488. The van der Waals surface area contributed by atoms with Crippen molar-refractivity contribution in [1.29, 1.82) is 0 Å². The van der Waals surface area contributed by atoms with Crippen molar-refractivity contribution >= 4 is 0 Å². The van der Waals surface area contributed by atoms with Gasteiger partial charge in [-0.1, -0.05) is 6.08 Å². The van der Waals surface area contributed by atoms with Crippen molar-refractivity contribution in [3.8, 4) is 0 Å². The Labute approximate surface area is 86.5 Å². The van der Waals surface area contributed by atoms with Crippen molar-refractivity contribution in [1.82, 2.24) is 5.32 Å². The van der Waals surface area contributed by atoms with Gasteiger partial charge in [-0.25, -0.2) is 0 Å². The van der Waals surface area contributed by atoms with E-state index in [0.717, 1.165) is 6.54 Å². The van der Waals surface area contributed by atoms with Crippen molar-refractivity contribution in [2.45, 2.75) is 25.2 Å². The molecule has 0 saturated heterocycles. The van der Waals surface area contributed by atoms with Crippen LogP contribution in [0.4, 0.5) is 0 Å². The van der Waals surface area contributed by atoms with E-state index in [-0.39, 0.29) is 11.8 Å². The molecule has 0 radical (unpaired) electrons. The van der Waals surface area contributed by atoms with Crippen LogP contribution in [0.2, 0.25) is 0 Å². The molecule has 0 aromatic rings. The van der Waals surface area contributed by atoms with E-state index < -0.39 is 0 Å². The second kappa shape index (κ2) is 6.95. The zero-order chi connectivity index (χ0) is 11.0. The van der Waals surface area contributed by atoms with Crippen LogP contribution in [0.25, 0.3) is 0 Å². The SMILES string of the molecule is C=CCNC(C)(CN)CC(OC)OC. The lowest BCUT2D eigenvalue weighted by Crippen LogP contribution is -2.51. The van der Waals surface area contributed by atoms with Crippen molar-refractivity contribution < 1.29 is 9.47 Å². The Hall–Kier alpha value is -0.420. The molecule has 0 spiro atoms. The number of hydrogen-bond acceptors (Lipinski definition) is 4. The van der Waals surface area contributed by atoms with Gasteiger partial charge in [-0.3, -0.25) is 0 Å². The quantitative estimate of drug-likeness (QED) is 0.444. The third-order valence-electron chi connectivity index (χ3n) is 2.27. The minimum Gasteiger partial charge on any atom is -0.356 e. The Balaban J connectivity index is 4.14. The minimum atomic E-state index is -0.221. The molecule has 0 saturated carbocycles. The van der Waals surface area contributed by atoms with E-state index in [1.165, 1.54) is 0 Å². The van der Waals surface area contributed by atoms with Gasteiger partial charge in [-0.15, -0.1) is 6.58 Å². The van der Waals surface area contributed by atoms with Gasteiger partial charge in [0.25, 0.3) is 0 Å². The van der Waals surface area contributed by atoms with Crippen molar-refractivity contribution in [3.63, 3.8) is 0 Å². The highest BCUT2D eigenvalue weighted by Crippen LogP contribution is 2.13. The zero-order valence-electron chi connectivity index (χ0n) is 9.38. The minimum absolute atomic E-state index is 0.176. The van der Waals surface area contributed by atoms with Gasteiger partial charge in [0.05, 0.1) is 0 Å². The molecule has 0 amide bonds. The number of methoxy groups -OCH3 is 2. The zero-order valence-corrected chi connectivity index (χ0v) is 9.38. The highest BCUT2D eigenvalue weighted by molar-refractivity contribution is 4.88. The topological polar surface area (TPSA) is 56.5 Å². The van der Waals surface area contributed by atoms with Crippen LogP contribution in [-0.2, 0) is 9.47 Å². The van der Waals surface area contributed by atoms with E-state index >= 15 is 0 Å². The second-order valence-corrected chi connectivity index (χ2v) is 3.54. The summed E-state index contributed by atoms with van der Waals surface area (Å²) in [5.41, 5.74) is 5.52. The van der Waals surface area contributed by atoms with E-state index in [9.17, 15) is 0 Å². The molecule has 0 rings (SSSR count). The van der Waals surface area contributed by atoms with Crippen molar-refractivity contribution in [3.05, 3.63) is 12.7 Å². The van der Waals surface area contributed by atoms with Crippen LogP contribution in [0.5, 0.6) is 0 Å². The summed E-state index contributed by atoms with van der Waals surface area (Å²) in [6.07, 6.45) is 2.30. The first kappa shape index (κ1) is 13.6. The van der Waals surface area contributed by atoms with E-state index in [1.54, 1.807) is 14.2 Å². The molecule has 0 aliphatic carbocycles. The Kier molecular flexibility index (Phi) is 6.74. The summed E-state index contributed by atoms with van der Waals surface area (Å²) >= 11 is 0. The molecule has 0 aromatic carbocycles. The lowest BCUT2D eigenvalue weighted by atomic mass is 9.97. The first-order valence-electron chi connectivity index (χ1n) is 4.73. The van der Waals surface area contributed by atoms with E-state index in [4.69, 9.17) is 15.2 Å². The van der Waals surface area contributed by atoms with Crippen LogP contribution in [0.3, 0.4) is 0 Å². The highest BCUT2D eigenvalue weighted by Gasteiger charge is 2.25. The summed E-state index contributed by atoms with van der Waals surface area (Å²) in [5, 5.41) is 3.29. The maximum Gasteiger partial charge on any atom is 0.158 e. The molecule has 0 aliphatic rings. The number of hydrogen-bond donors (Lipinski definition) is 2. The molecular weight excluding hydrogens is 180 g/mol. The molecular formula is C10H22N2O2. The van der Waals surface area contributed by atoms with Gasteiger partial charge >= 0.3 is 0 Å². The fourth-order valence-corrected chi connectivity index (χ4v) is 1.18. The smallest absolute Gasteiger partial charge is 0.158 e. The molecule has 0 aromatic heterocycles. The lowest BCUT2D eigenvalue weighted by Gasteiger charge is -2.31. The lowest BCUT2D eigenvalue weighted by molar-refractivity contribution is -0.117. The van der Waals surface area contributed by atoms with E-state index in [2.05, 4.69) is 11.9 Å². The summed E-state index contributed by atoms with van der Waals surface area (Å²) in [6, 6.07) is 0. The third-order valence-corrected chi connectivity index (χ3v) is 2.27. The fraction of sp³-hybridized carbons (Fsp3) is 0.800. The summed E-state index contributed by atoms with van der Waals surface area (Å²) in [6.45, 7) is 6.96. The molecule has 0 aliphatic heterocycles. The van der Waals surface area contributed by atoms with E-state index in [1.807, 2.05) is 13.0 Å². The third kappa shape index (κ3) is 4.72. The normalized spacial score (nSPS) is 15.5. The van der Waals surface area contributed by atoms with Gasteiger partial charge < -0.3 is 20.5 Å². The highest BCUT2D eigenvalue weighted by atomic mass is 16.7. The monoisotopic (exact) mass is 202 g/mol. The maximum atomic E-state index is 5.70. The van der Waals surface area contributed by atoms with Gasteiger partial charge in [0, 0.05) is 39.3 Å². The Morgan fingerprint density at radius 2 is 2.07 bits per heavy atom. The first-order valence-corrected chi connectivity index (χ1v) is 4.73. The van der Waals surface area contributed by atoms with Gasteiger partial charge in [0.2, 0.25) is 0 Å². The number of nitrogens with one attached hydrogen (secondary N) is 1. The average Bonchev–Trinajstić information content (AvgIpc) is 2.23. The molecule has 0 heterocycles. The second-order valence-electron chi connectivity index (χ2n) is 3.54. The number of nitrogens with two attached hydrogens (primary N) is 1. The Morgan fingerprint density at radius 1 is 1.50 bits per heavy atom. The number of ether oxygens (including phenoxy) is 2. The molecule has 0 bridgehead atoms. The Morgan fingerprint density at radius 3 is 2.43 bits per heavy atom. The van der Waals surface area contributed by atoms with Crippen LogP contribution < -0.4 is 11.1 Å². The summed E-state index contributed by atoms with van der Waals surface area (Å²) in [7, 11) is 3.25. The van der Waals surface area contributed by atoms with Crippen LogP contribution in [-0.4, -0.2) is 39.1 Å². The summed E-state index contributed by atoms with van der Waals surface area (Å²) in [4.78, 5) is 0. The molecule has 0 fully saturated rings. The average molecular weight is 202 g/mol. The summed E-state index contributed by atoms with van der Waals surface area (Å²) in [5.74, 6) is 0. The largest absolute Gasteiger partial charge is 0.356 e.